The van der Waals surface area contributed by atoms with Crippen molar-refractivity contribution in [1.29, 1.82) is 0 Å². The molecule has 1 unspecified atom stereocenters. The van der Waals surface area contributed by atoms with E-state index in [4.69, 9.17) is 11.5 Å². The van der Waals surface area contributed by atoms with E-state index in [1.165, 1.54) is 70.6 Å². The van der Waals surface area contributed by atoms with Crippen LogP contribution in [-0.4, -0.2) is 25.5 Å². The molecule has 140 valence electrons. The van der Waals surface area contributed by atoms with Crippen molar-refractivity contribution in [1.82, 2.24) is 5.32 Å². The lowest BCUT2D eigenvalue weighted by molar-refractivity contribution is -0.132. The van der Waals surface area contributed by atoms with Crippen LogP contribution in [-0.2, 0) is 4.79 Å². The van der Waals surface area contributed by atoms with Gasteiger partial charge in [0.1, 0.15) is 0 Å². The van der Waals surface area contributed by atoms with E-state index >= 15 is 0 Å². The van der Waals surface area contributed by atoms with Crippen molar-refractivity contribution in [3.8, 4) is 0 Å². The van der Waals surface area contributed by atoms with Crippen LogP contribution in [0.25, 0.3) is 0 Å². The van der Waals surface area contributed by atoms with Crippen molar-refractivity contribution < 1.29 is 4.79 Å². The Labute approximate surface area is 148 Å². The molecule has 0 aliphatic heterocycles. The van der Waals surface area contributed by atoms with E-state index in [2.05, 4.69) is 5.32 Å². The Morgan fingerprint density at radius 1 is 0.917 bits per heavy atom. The summed E-state index contributed by atoms with van der Waals surface area (Å²) in [5.41, 5.74) is 11.4. The Morgan fingerprint density at radius 2 is 1.50 bits per heavy atom. The first-order chi connectivity index (χ1) is 11.7. The second kappa shape index (κ2) is 10.4. The molecule has 24 heavy (non-hydrogen) atoms. The van der Waals surface area contributed by atoms with Crippen LogP contribution in [0, 0.1) is 17.3 Å². The van der Waals surface area contributed by atoms with E-state index in [1.807, 2.05) is 0 Å². The number of nitrogens with one attached hydrogen (secondary N) is 1. The van der Waals surface area contributed by atoms with Gasteiger partial charge in [-0.2, -0.15) is 0 Å². The third-order valence-electron chi connectivity index (χ3n) is 6.46. The monoisotopic (exact) mass is 337 g/mol. The predicted octanol–water partition coefficient (Wildman–Crippen LogP) is 3.34. The van der Waals surface area contributed by atoms with Crippen LogP contribution in [0.3, 0.4) is 0 Å². The Hall–Kier alpha value is -0.610. The van der Waals surface area contributed by atoms with E-state index in [0.717, 1.165) is 18.8 Å². The minimum Gasteiger partial charge on any atom is -0.354 e. The van der Waals surface area contributed by atoms with Gasteiger partial charge in [-0.1, -0.05) is 64.2 Å². The molecule has 1 amide bonds. The van der Waals surface area contributed by atoms with E-state index in [1.54, 1.807) is 0 Å². The van der Waals surface area contributed by atoms with Gasteiger partial charge in [-0.25, -0.2) is 0 Å². The Morgan fingerprint density at radius 3 is 2.04 bits per heavy atom. The second-order valence-electron chi connectivity index (χ2n) is 8.28. The number of carbonyl (C=O) groups is 1. The van der Waals surface area contributed by atoms with Gasteiger partial charge in [-0.3, -0.25) is 4.79 Å². The zero-order valence-corrected chi connectivity index (χ0v) is 15.5. The minimum atomic E-state index is -0.366. The van der Waals surface area contributed by atoms with Crippen LogP contribution in [0.4, 0.5) is 0 Å². The molecule has 0 aromatic carbocycles. The highest BCUT2D eigenvalue weighted by Crippen LogP contribution is 2.40. The maximum atomic E-state index is 13.0. The molecule has 4 nitrogen and oxygen atoms in total. The molecule has 0 heterocycles. The quantitative estimate of drug-likeness (QED) is 0.603. The molecule has 2 fully saturated rings. The van der Waals surface area contributed by atoms with Gasteiger partial charge < -0.3 is 16.8 Å². The highest BCUT2D eigenvalue weighted by atomic mass is 16.2. The van der Waals surface area contributed by atoms with Gasteiger partial charge >= 0.3 is 0 Å². The van der Waals surface area contributed by atoms with E-state index in [9.17, 15) is 4.79 Å². The fourth-order valence-electron chi connectivity index (χ4n) is 4.86. The van der Waals surface area contributed by atoms with Gasteiger partial charge in [0.25, 0.3) is 0 Å². The molecule has 2 rings (SSSR count). The van der Waals surface area contributed by atoms with Crippen LogP contribution in [0.15, 0.2) is 0 Å². The normalized spacial score (nSPS) is 22.9. The van der Waals surface area contributed by atoms with E-state index in [-0.39, 0.29) is 11.3 Å². The summed E-state index contributed by atoms with van der Waals surface area (Å²) in [7, 11) is 0. The van der Waals surface area contributed by atoms with Crippen LogP contribution in [0.2, 0.25) is 0 Å². The van der Waals surface area contributed by atoms with Gasteiger partial charge in [-0.15, -0.1) is 0 Å². The van der Waals surface area contributed by atoms with Gasteiger partial charge in [0.2, 0.25) is 5.91 Å². The predicted molar refractivity (Wildman–Crippen MR) is 101 cm³/mol. The molecule has 0 saturated heterocycles. The highest BCUT2D eigenvalue weighted by Gasteiger charge is 2.39. The van der Waals surface area contributed by atoms with E-state index in [0.29, 0.717) is 25.6 Å². The molecule has 0 bridgehead atoms. The zero-order valence-electron chi connectivity index (χ0n) is 15.5. The van der Waals surface area contributed by atoms with Gasteiger partial charge in [0, 0.05) is 19.6 Å². The molecule has 4 heteroatoms. The second-order valence-corrected chi connectivity index (χ2v) is 8.28. The first-order valence-electron chi connectivity index (χ1n) is 10.4. The molecule has 1 atom stereocenters. The van der Waals surface area contributed by atoms with Crippen LogP contribution in [0.1, 0.15) is 83.5 Å². The summed E-state index contributed by atoms with van der Waals surface area (Å²) in [6.45, 7) is 1.54. The highest BCUT2D eigenvalue weighted by molar-refractivity contribution is 5.82. The smallest absolute Gasteiger partial charge is 0.227 e. The third kappa shape index (κ3) is 5.73. The summed E-state index contributed by atoms with van der Waals surface area (Å²) in [6, 6.07) is 0. The average Bonchev–Trinajstić information content (AvgIpc) is 2.65. The Bertz CT molecular complexity index is 362. The zero-order chi connectivity index (χ0) is 17.3. The molecular weight excluding hydrogens is 298 g/mol. The fourth-order valence-corrected chi connectivity index (χ4v) is 4.86. The maximum Gasteiger partial charge on any atom is 0.227 e. The lowest BCUT2D eigenvalue weighted by atomic mass is 9.69. The molecule has 0 radical (unpaired) electrons. The van der Waals surface area contributed by atoms with Crippen molar-refractivity contribution in [2.24, 2.45) is 28.7 Å². The number of hydrogen-bond donors (Lipinski definition) is 3. The molecule has 2 saturated carbocycles. The Kier molecular flexibility index (Phi) is 8.54. The molecule has 0 aromatic rings. The standard InChI is InChI=1S/C20H39N3O/c21-13-14-23-19(24)20(16-22,15-18-9-5-2-6-10-18)12-11-17-7-3-1-4-8-17/h17-18H,1-16,21-22H2,(H,23,24). The maximum absolute atomic E-state index is 13.0. The van der Waals surface area contributed by atoms with Crippen LogP contribution in [0.5, 0.6) is 0 Å². The summed E-state index contributed by atoms with van der Waals surface area (Å²) in [5.74, 6) is 1.65. The summed E-state index contributed by atoms with van der Waals surface area (Å²) in [5, 5.41) is 3.06. The number of amides is 1. The van der Waals surface area contributed by atoms with E-state index < -0.39 is 0 Å². The van der Waals surface area contributed by atoms with Gasteiger partial charge in [-0.05, 0) is 31.1 Å². The SMILES string of the molecule is NCCNC(=O)C(CN)(CCC1CCCCC1)CC1CCCCC1. The average molecular weight is 338 g/mol. The lowest BCUT2D eigenvalue weighted by Crippen LogP contribution is -2.48. The van der Waals surface area contributed by atoms with Gasteiger partial charge in [0.05, 0.1) is 5.41 Å². The molecule has 2 aliphatic rings. The summed E-state index contributed by atoms with van der Waals surface area (Å²) >= 11 is 0. The lowest BCUT2D eigenvalue weighted by Gasteiger charge is -2.37. The number of carbonyl (C=O) groups excluding carboxylic acids is 1. The van der Waals surface area contributed by atoms with Crippen molar-refractivity contribution in [3.63, 3.8) is 0 Å². The summed E-state index contributed by atoms with van der Waals surface area (Å²) in [4.78, 5) is 13.0. The van der Waals surface area contributed by atoms with Crippen LogP contribution >= 0.6 is 0 Å². The third-order valence-corrected chi connectivity index (χ3v) is 6.46. The van der Waals surface area contributed by atoms with Crippen LogP contribution < -0.4 is 16.8 Å². The largest absolute Gasteiger partial charge is 0.354 e. The van der Waals surface area contributed by atoms with Crippen molar-refractivity contribution >= 4 is 5.91 Å². The van der Waals surface area contributed by atoms with Gasteiger partial charge in [0.15, 0.2) is 0 Å². The summed E-state index contributed by atoms with van der Waals surface area (Å²) in [6.07, 6.45) is 16.4. The number of hydrogen-bond acceptors (Lipinski definition) is 3. The van der Waals surface area contributed by atoms with Crippen molar-refractivity contribution in [2.75, 3.05) is 19.6 Å². The fraction of sp³-hybridized carbons (Fsp3) is 0.950. The Balaban J connectivity index is 2.00. The number of nitrogens with two attached hydrogens (primary N) is 2. The molecular formula is C20H39N3O. The molecule has 5 N–H and O–H groups in total. The molecule has 0 spiro atoms. The molecule has 0 aromatic heterocycles. The molecule has 2 aliphatic carbocycles. The van der Waals surface area contributed by atoms with Crippen molar-refractivity contribution in [3.05, 3.63) is 0 Å². The minimum absolute atomic E-state index is 0.164. The first-order valence-corrected chi connectivity index (χ1v) is 10.4. The first kappa shape index (κ1) is 19.7. The summed E-state index contributed by atoms with van der Waals surface area (Å²) < 4.78 is 0. The topological polar surface area (TPSA) is 81.1 Å². The van der Waals surface area contributed by atoms with Crippen molar-refractivity contribution in [2.45, 2.75) is 83.5 Å². The number of rotatable bonds is 9.